The van der Waals surface area contributed by atoms with E-state index in [1.807, 2.05) is 23.1 Å². The van der Waals surface area contributed by atoms with Gasteiger partial charge in [-0.1, -0.05) is 31.5 Å². The van der Waals surface area contributed by atoms with Gasteiger partial charge in [-0.3, -0.25) is 10.1 Å². The zero-order valence-corrected chi connectivity index (χ0v) is 12.7. The summed E-state index contributed by atoms with van der Waals surface area (Å²) in [5, 5.41) is 5.07. The number of carbonyl (C=O) groups is 2. The molecule has 1 aromatic carbocycles. The standard InChI is InChI=1S/C16H23N3O2/c1-3-4-9-17-16(21)18-15(20)11-19-12(2)10-13-7-5-6-8-14(13)19/h5-8,12H,3-4,9-11H2,1-2H3,(H2,17,18,20,21)/t12-/m0/s1. The Labute approximate surface area is 125 Å². The number of fused-ring (bicyclic) bond motifs is 1. The van der Waals surface area contributed by atoms with Gasteiger partial charge in [-0.05, 0) is 31.4 Å². The molecule has 1 heterocycles. The summed E-state index contributed by atoms with van der Waals surface area (Å²) >= 11 is 0. The molecule has 3 amide bonds. The molecule has 1 aliphatic heterocycles. The first-order valence-electron chi connectivity index (χ1n) is 7.54. The Hall–Kier alpha value is -2.04. The normalized spacial score (nSPS) is 16.5. The SMILES string of the molecule is CCCCNC(=O)NC(=O)CN1c2ccccc2C[C@@H]1C. The lowest BCUT2D eigenvalue weighted by atomic mass is 10.1. The fraction of sp³-hybridized carbons (Fsp3) is 0.500. The molecule has 0 aromatic heterocycles. The minimum absolute atomic E-state index is 0.208. The molecule has 1 aliphatic rings. The molecule has 0 fully saturated rings. The van der Waals surface area contributed by atoms with Crippen LogP contribution in [-0.4, -0.2) is 31.1 Å². The van der Waals surface area contributed by atoms with Gasteiger partial charge >= 0.3 is 6.03 Å². The first-order chi connectivity index (χ1) is 10.1. The van der Waals surface area contributed by atoms with Crippen molar-refractivity contribution in [2.24, 2.45) is 0 Å². The molecule has 0 spiro atoms. The molecule has 5 nitrogen and oxygen atoms in total. The third-order valence-corrected chi connectivity index (χ3v) is 3.73. The molecule has 0 aliphatic carbocycles. The van der Waals surface area contributed by atoms with Gasteiger partial charge in [0.25, 0.3) is 0 Å². The first kappa shape index (κ1) is 15.4. The Morgan fingerprint density at radius 3 is 2.86 bits per heavy atom. The fourth-order valence-corrected chi connectivity index (χ4v) is 2.61. The van der Waals surface area contributed by atoms with Crippen LogP contribution in [0.15, 0.2) is 24.3 Å². The van der Waals surface area contributed by atoms with Crippen LogP contribution in [0.2, 0.25) is 0 Å². The number of nitrogens with zero attached hydrogens (tertiary/aromatic N) is 1. The van der Waals surface area contributed by atoms with Crippen LogP contribution in [0, 0.1) is 0 Å². The van der Waals surface area contributed by atoms with Gasteiger partial charge in [0, 0.05) is 18.3 Å². The third-order valence-electron chi connectivity index (χ3n) is 3.73. The van der Waals surface area contributed by atoms with Crippen molar-refractivity contribution in [3.63, 3.8) is 0 Å². The van der Waals surface area contributed by atoms with E-state index in [9.17, 15) is 9.59 Å². The van der Waals surface area contributed by atoms with Gasteiger partial charge < -0.3 is 10.2 Å². The minimum Gasteiger partial charge on any atom is -0.359 e. The summed E-state index contributed by atoms with van der Waals surface area (Å²) in [5.41, 5.74) is 2.34. The van der Waals surface area contributed by atoms with E-state index in [1.54, 1.807) is 0 Å². The van der Waals surface area contributed by atoms with Gasteiger partial charge in [-0.15, -0.1) is 0 Å². The number of hydrogen-bond acceptors (Lipinski definition) is 3. The van der Waals surface area contributed by atoms with E-state index in [0.29, 0.717) is 6.54 Å². The lowest BCUT2D eigenvalue weighted by Gasteiger charge is -2.23. The number of amides is 3. The van der Waals surface area contributed by atoms with Crippen LogP contribution in [0.5, 0.6) is 0 Å². The zero-order valence-electron chi connectivity index (χ0n) is 12.7. The number of carbonyl (C=O) groups excluding carboxylic acids is 2. The Balaban J connectivity index is 1.87. The van der Waals surface area contributed by atoms with Crippen LogP contribution < -0.4 is 15.5 Å². The Morgan fingerprint density at radius 2 is 2.10 bits per heavy atom. The highest BCUT2D eigenvalue weighted by atomic mass is 16.2. The molecule has 0 radical (unpaired) electrons. The minimum atomic E-state index is -0.409. The predicted molar refractivity (Wildman–Crippen MR) is 83.4 cm³/mol. The molecule has 5 heteroatoms. The number of nitrogens with one attached hydrogen (secondary N) is 2. The second kappa shape index (κ2) is 7.11. The number of benzene rings is 1. The summed E-state index contributed by atoms with van der Waals surface area (Å²) < 4.78 is 0. The molecular formula is C16H23N3O2. The van der Waals surface area contributed by atoms with Gasteiger partial charge in [0.05, 0.1) is 6.54 Å². The van der Waals surface area contributed by atoms with E-state index < -0.39 is 6.03 Å². The van der Waals surface area contributed by atoms with Crippen molar-refractivity contribution in [1.29, 1.82) is 0 Å². The topological polar surface area (TPSA) is 61.4 Å². The quantitative estimate of drug-likeness (QED) is 0.816. The van der Waals surface area contributed by atoms with Crippen LogP contribution in [0.25, 0.3) is 0 Å². The molecular weight excluding hydrogens is 266 g/mol. The van der Waals surface area contributed by atoms with Gasteiger partial charge in [0.2, 0.25) is 5.91 Å². The zero-order chi connectivity index (χ0) is 15.2. The summed E-state index contributed by atoms with van der Waals surface area (Å²) in [4.78, 5) is 25.6. The second-order valence-electron chi connectivity index (χ2n) is 5.47. The maximum Gasteiger partial charge on any atom is 0.321 e. The highest BCUT2D eigenvalue weighted by Crippen LogP contribution is 2.31. The van der Waals surface area contributed by atoms with E-state index in [4.69, 9.17) is 0 Å². The lowest BCUT2D eigenvalue weighted by molar-refractivity contribution is -0.118. The lowest BCUT2D eigenvalue weighted by Crippen LogP contribution is -2.46. The molecule has 0 saturated carbocycles. The van der Waals surface area contributed by atoms with Gasteiger partial charge in [0.1, 0.15) is 0 Å². The molecule has 2 N–H and O–H groups in total. The van der Waals surface area contributed by atoms with Crippen molar-refractivity contribution in [3.8, 4) is 0 Å². The van der Waals surface area contributed by atoms with Crippen molar-refractivity contribution in [2.75, 3.05) is 18.0 Å². The number of rotatable bonds is 5. The van der Waals surface area contributed by atoms with E-state index >= 15 is 0 Å². The van der Waals surface area contributed by atoms with Crippen LogP contribution in [0.3, 0.4) is 0 Å². The van der Waals surface area contributed by atoms with E-state index in [-0.39, 0.29) is 18.5 Å². The Morgan fingerprint density at radius 1 is 1.33 bits per heavy atom. The summed E-state index contributed by atoms with van der Waals surface area (Å²) in [6.07, 6.45) is 2.86. The molecule has 0 bridgehead atoms. The molecule has 2 rings (SSSR count). The van der Waals surface area contributed by atoms with Crippen LogP contribution in [-0.2, 0) is 11.2 Å². The third kappa shape index (κ3) is 3.97. The first-order valence-corrected chi connectivity index (χ1v) is 7.54. The van der Waals surface area contributed by atoms with Crippen molar-refractivity contribution < 1.29 is 9.59 Å². The summed E-state index contributed by atoms with van der Waals surface area (Å²) in [7, 11) is 0. The number of hydrogen-bond donors (Lipinski definition) is 2. The Bertz CT molecular complexity index is 516. The number of imide groups is 1. The van der Waals surface area contributed by atoms with Crippen LogP contribution in [0.1, 0.15) is 32.3 Å². The summed E-state index contributed by atoms with van der Waals surface area (Å²) in [6.45, 7) is 4.95. The number of para-hydroxylation sites is 1. The average Bonchev–Trinajstić information content (AvgIpc) is 2.75. The number of anilines is 1. The smallest absolute Gasteiger partial charge is 0.321 e. The highest BCUT2D eigenvalue weighted by molar-refractivity contribution is 5.96. The van der Waals surface area contributed by atoms with Crippen molar-refractivity contribution in [1.82, 2.24) is 10.6 Å². The van der Waals surface area contributed by atoms with Gasteiger partial charge in [-0.25, -0.2) is 4.79 Å². The molecule has 1 aromatic rings. The van der Waals surface area contributed by atoms with Gasteiger partial charge in [0.15, 0.2) is 0 Å². The molecule has 1 atom stereocenters. The van der Waals surface area contributed by atoms with Crippen molar-refractivity contribution in [2.45, 2.75) is 39.2 Å². The molecule has 21 heavy (non-hydrogen) atoms. The number of urea groups is 1. The number of unbranched alkanes of at least 4 members (excludes halogenated alkanes) is 1. The summed E-state index contributed by atoms with van der Waals surface area (Å²) in [6, 6.07) is 7.95. The van der Waals surface area contributed by atoms with E-state index in [1.165, 1.54) is 5.56 Å². The largest absolute Gasteiger partial charge is 0.359 e. The average molecular weight is 289 g/mol. The van der Waals surface area contributed by atoms with Crippen LogP contribution in [0.4, 0.5) is 10.5 Å². The molecule has 0 saturated heterocycles. The van der Waals surface area contributed by atoms with Crippen LogP contribution >= 0.6 is 0 Å². The maximum absolute atomic E-state index is 12.0. The molecule has 114 valence electrons. The second-order valence-corrected chi connectivity index (χ2v) is 5.47. The highest BCUT2D eigenvalue weighted by Gasteiger charge is 2.27. The van der Waals surface area contributed by atoms with Crippen molar-refractivity contribution >= 4 is 17.6 Å². The maximum atomic E-state index is 12.0. The Kier molecular flexibility index (Phi) is 5.20. The predicted octanol–water partition coefficient (Wildman–Crippen LogP) is 2.06. The van der Waals surface area contributed by atoms with Gasteiger partial charge in [-0.2, -0.15) is 0 Å². The molecule has 0 unspecified atom stereocenters. The van der Waals surface area contributed by atoms with E-state index in [2.05, 4.69) is 30.5 Å². The van der Waals surface area contributed by atoms with E-state index in [0.717, 1.165) is 24.9 Å². The fourth-order valence-electron chi connectivity index (χ4n) is 2.61. The van der Waals surface area contributed by atoms with Crippen molar-refractivity contribution in [3.05, 3.63) is 29.8 Å². The monoisotopic (exact) mass is 289 g/mol. The summed E-state index contributed by atoms with van der Waals surface area (Å²) in [5.74, 6) is -0.271.